The molecule has 122 valence electrons. The van der Waals surface area contributed by atoms with Crippen molar-refractivity contribution in [3.05, 3.63) is 39.4 Å². The summed E-state index contributed by atoms with van der Waals surface area (Å²) in [5, 5.41) is 11.0. The quantitative estimate of drug-likeness (QED) is 0.342. The van der Waals surface area contributed by atoms with Crippen LogP contribution in [0.15, 0.2) is 18.2 Å². The molecule has 1 aromatic carbocycles. The summed E-state index contributed by atoms with van der Waals surface area (Å²) in [7, 11) is 0. The molecule has 0 fully saturated rings. The number of hydrogen-bond acceptors (Lipinski definition) is 6. The number of nitrogens with zero attached hydrogens (tertiary/aromatic N) is 2. The van der Waals surface area contributed by atoms with Crippen LogP contribution in [-0.2, 0) is 9.53 Å². The summed E-state index contributed by atoms with van der Waals surface area (Å²) < 4.78 is 4.97. The molecule has 0 N–H and O–H groups in total. The van der Waals surface area contributed by atoms with Crippen molar-refractivity contribution in [3.8, 4) is 0 Å². The average Bonchev–Trinajstić information content (AvgIpc) is 2.72. The molecule has 2 rings (SSSR count). The Labute approximate surface area is 132 Å². The monoisotopic (exact) mass is 320 g/mol. The number of benzene rings is 1. The van der Waals surface area contributed by atoms with E-state index in [0.29, 0.717) is 17.2 Å². The number of ether oxygens (including phenoxy) is 1. The Kier molecular flexibility index (Phi) is 4.73. The van der Waals surface area contributed by atoms with Gasteiger partial charge in [0.05, 0.1) is 17.1 Å². The molecule has 0 radical (unpaired) electrons. The highest BCUT2D eigenvalue weighted by Crippen LogP contribution is 2.30. The summed E-state index contributed by atoms with van der Waals surface area (Å²) in [6.45, 7) is 3.58. The van der Waals surface area contributed by atoms with Crippen molar-refractivity contribution in [2.24, 2.45) is 5.92 Å². The Balaban J connectivity index is 2.13. The molecular weight excluding hydrogens is 304 g/mol. The lowest BCUT2D eigenvalue weighted by atomic mass is 10.1. The molecule has 8 nitrogen and oxygen atoms in total. The van der Waals surface area contributed by atoms with Crippen molar-refractivity contribution >= 4 is 23.5 Å². The van der Waals surface area contributed by atoms with Gasteiger partial charge in [-0.2, -0.15) is 0 Å². The Morgan fingerprint density at radius 2 is 2.00 bits per heavy atom. The highest BCUT2D eigenvalue weighted by molar-refractivity contribution is 6.24. The zero-order chi connectivity index (χ0) is 17.1. The van der Waals surface area contributed by atoms with Crippen LogP contribution in [0.3, 0.4) is 0 Å². The first-order chi connectivity index (χ1) is 10.8. The van der Waals surface area contributed by atoms with Gasteiger partial charge in [0.2, 0.25) is 0 Å². The molecule has 1 aliphatic heterocycles. The van der Waals surface area contributed by atoms with Crippen LogP contribution in [0.4, 0.5) is 5.69 Å². The summed E-state index contributed by atoms with van der Waals surface area (Å²) in [4.78, 5) is 47.1. The first-order valence-electron chi connectivity index (χ1n) is 7.12. The zero-order valence-corrected chi connectivity index (χ0v) is 12.8. The van der Waals surface area contributed by atoms with E-state index in [9.17, 15) is 24.5 Å². The molecule has 2 amide bonds. The van der Waals surface area contributed by atoms with Gasteiger partial charge in [0.15, 0.2) is 0 Å². The minimum absolute atomic E-state index is 0.0702. The topological polar surface area (TPSA) is 107 Å². The lowest BCUT2D eigenvalue weighted by Crippen LogP contribution is -2.35. The minimum atomic E-state index is -0.849. The van der Waals surface area contributed by atoms with E-state index in [1.54, 1.807) is 0 Å². The van der Waals surface area contributed by atoms with Gasteiger partial charge in [-0.1, -0.05) is 19.9 Å². The van der Waals surface area contributed by atoms with Crippen LogP contribution < -0.4 is 0 Å². The molecule has 0 aromatic heterocycles. The van der Waals surface area contributed by atoms with Gasteiger partial charge in [0.25, 0.3) is 17.5 Å². The number of imide groups is 1. The Morgan fingerprint density at radius 1 is 1.30 bits per heavy atom. The van der Waals surface area contributed by atoms with Gasteiger partial charge in [0.1, 0.15) is 12.1 Å². The van der Waals surface area contributed by atoms with E-state index in [4.69, 9.17) is 4.74 Å². The molecule has 1 aromatic rings. The highest BCUT2D eigenvalue weighted by atomic mass is 16.6. The third-order valence-corrected chi connectivity index (χ3v) is 3.42. The zero-order valence-electron chi connectivity index (χ0n) is 12.8. The van der Waals surface area contributed by atoms with E-state index in [0.717, 1.165) is 6.07 Å². The van der Waals surface area contributed by atoms with Crippen LogP contribution in [0.1, 0.15) is 41.0 Å². The standard InChI is InChI=1S/C15H16N2O6/c1-9(2)6-7-23-12(18)8-16-14(19)10-4-3-5-11(17(21)22)13(10)15(16)20/h3-5,9H,6-8H2,1-2H3. The number of esters is 1. The molecule has 0 saturated heterocycles. The van der Waals surface area contributed by atoms with E-state index in [1.807, 2.05) is 13.8 Å². The second kappa shape index (κ2) is 6.55. The maximum Gasteiger partial charge on any atom is 0.326 e. The SMILES string of the molecule is CC(C)CCOC(=O)CN1C(=O)c2cccc([N+](=O)[O-])c2C1=O. The highest BCUT2D eigenvalue weighted by Gasteiger charge is 2.41. The second-order valence-corrected chi connectivity index (χ2v) is 5.56. The summed E-state index contributed by atoms with van der Waals surface area (Å²) in [6, 6.07) is 3.80. The summed E-state index contributed by atoms with van der Waals surface area (Å²) in [5.74, 6) is -1.94. The number of nitro benzene ring substituents is 1. The smallest absolute Gasteiger partial charge is 0.326 e. The lowest BCUT2D eigenvalue weighted by Gasteiger charge is -2.13. The molecule has 0 bridgehead atoms. The van der Waals surface area contributed by atoms with Crippen LogP contribution >= 0.6 is 0 Å². The van der Waals surface area contributed by atoms with Gasteiger partial charge in [-0.15, -0.1) is 0 Å². The lowest BCUT2D eigenvalue weighted by molar-refractivity contribution is -0.385. The van der Waals surface area contributed by atoms with Gasteiger partial charge < -0.3 is 4.74 Å². The molecule has 0 saturated carbocycles. The van der Waals surface area contributed by atoms with Crippen molar-refractivity contribution in [1.29, 1.82) is 0 Å². The van der Waals surface area contributed by atoms with Gasteiger partial charge in [-0.3, -0.25) is 29.4 Å². The number of amides is 2. The third kappa shape index (κ3) is 3.36. The third-order valence-electron chi connectivity index (χ3n) is 3.42. The Morgan fingerprint density at radius 3 is 2.61 bits per heavy atom. The van der Waals surface area contributed by atoms with Crippen LogP contribution in [-0.4, -0.2) is 40.8 Å². The van der Waals surface area contributed by atoms with Crippen LogP contribution in [0.2, 0.25) is 0 Å². The molecule has 23 heavy (non-hydrogen) atoms. The van der Waals surface area contributed by atoms with E-state index in [1.165, 1.54) is 12.1 Å². The van der Waals surface area contributed by atoms with Crippen LogP contribution in [0, 0.1) is 16.0 Å². The molecule has 1 heterocycles. The van der Waals surface area contributed by atoms with Crippen LogP contribution in [0.25, 0.3) is 0 Å². The number of hydrogen-bond donors (Lipinski definition) is 0. The van der Waals surface area contributed by atoms with E-state index in [2.05, 4.69) is 0 Å². The van der Waals surface area contributed by atoms with Crippen molar-refractivity contribution in [2.75, 3.05) is 13.2 Å². The average molecular weight is 320 g/mol. The van der Waals surface area contributed by atoms with E-state index in [-0.39, 0.29) is 17.7 Å². The second-order valence-electron chi connectivity index (χ2n) is 5.56. The molecule has 0 aliphatic carbocycles. The molecule has 0 spiro atoms. The summed E-state index contributed by atoms with van der Waals surface area (Å²) >= 11 is 0. The van der Waals surface area contributed by atoms with E-state index >= 15 is 0 Å². The van der Waals surface area contributed by atoms with Crippen molar-refractivity contribution in [3.63, 3.8) is 0 Å². The van der Waals surface area contributed by atoms with Gasteiger partial charge in [-0.05, 0) is 18.4 Å². The Hall–Kier alpha value is -2.77. The van der Waals surface area contributed by atoms with E-state index < -0.39 is 34.9 Å². The van der Waals surface area contributed by atoms with Gasteiger partial charge in [-0.25, -0.2) is 0 Å². The molecule has 1 aliphatic rings. The van der Waals surface area contributed by atoms with Crippen LogP contribution in [0.5, 0.6) is 0 Å². The maximum atomic E-state index is 12.2. The fraction of sp³-hybridized carbons (Fsp3) is 0.400. The molecule has 0 unspecified atom stereocenters. The van der Waals surface area contributed by atoms with Gasteiger partial charge >= 0.3 is 5.97 Å². The number of fused-ring (bicyclic) bond motifs is 1. The molecular formula is C15H16N2O6. The fourth-order valence-corrected chi connectivity index (χ4v) is 2.19. The minimum Gasteiger partial charge on any atom is -0.464 e. The normalized spacial score (nSPS) is 13.4. The molecule has 0 atom stereocenters. The van der Waals surface area contributed by atoms with Crippen molar-refractivity contribution in [2.45, 2.75) is 20.3 Å². The largest absolute Gasteiger partial charge is 0.464 e. The number of rotatable bonds is 6. The number of carbonyl (C=O) groups excluding carboxylic acids is 3. The fourth-order valence-electron chi connectivity index (χ4n) is 2.19. The Bertz CT molecular complexity index is 683. The number of carbonyl (C=O) groups is 3. The first-order valence-corrected chi connectivity index (χ1v) is 7.12. The van der Waals surface area contributed by atoms with Crippen molar-refractivity contribution in [1.82, 2.24) is 4.90 Å². The summed E-state index contributed by atoms with van der Waals surface area (Å²) in [5.41, 5.74) is -0.798. The first kappa shape index (κ1) is 16.6. The van der Waals surface area contributed by atoms with Crippen molar-refractivity contribution < 1.29 is 24.0 Å². The summed E-state index contributed by atoms with van der Waals surface area (Å²) in [6.07, 6.45) is 0.666. The predicted molar refractivity (Wildman–Crippen MR) is 78.9 cm³/mol. The predicted octanol–water partition coefficient (Wildman–Crippen LogP) is 1.78. The maximum absolute atomic E-state index is 12.2. The van der Waals surface area contributed by atoms with Gasteiger partial charge in [0, 0.05) is 6.07 Å². The number of nitro groups is 1. The molecule has 8 heteroatoms.